The molecule has 5 heteroatoms. The number of nitrogen functional groups attached to an aromatic ring is 1. The summed E-state index contributed by atoms with van der Waals surface area (Å²) in [6.07, 6.45) is 4.83. The van der Waals surface area contributed by atoms with Crippen LogP contribution in [0.5, 0.6) is 0 Å². The van der Waals surface area contributed by atoms with Gasteiger partial charge in [0.05, 0.1) is 10.2 Å². The van der Waals surface area contributed by atoms with Crippen LogP contribution in [0.4, 0.5) is 5.82 Å². The molecule has 1 atom stereocenters. The summed E-state index contributed by atoms with van der Waals surface area (Å²) in [5.74, 6) is 2.44. The number of rotatable bonds is 4. The topological polar surface area (TPSA) is 61.0 Å². The molecule has 4 nitrogen and oxygen atoms in total. The smallest absolute Gasteiger partial charge is 0.160 e. The van der Waals surface area contributed by atoms with Crippen molar-refractivity contribution >= 4 is 21.7 Å². The van der Waals surface area contributed by atoms with E-state index in [0.717, 1.165) is 16.0 Å². The minimum absolute atomic E-state index is 0.0166. The van der Waals surface area contributed by atoms with Crippen LogP contribution < -0.4 is 5.73 Å². The van der Waals surface area contributed by atoms with E-state index in [1.165, 1.54) is 25.7 Å². The maximum atomic E-state index is 5.95. The second-order valence-corrected chi connectivity index (χ2v) is 5.73. The predicted octanol–water partition coefficient (Wildman–Crippen LogP) is 2.80. The van der Waals surface area contributed by atoms with E-state index in [0.29, 0.717) is 17.7 Å². The lowest BCUT2D eigenvalue weighted by Gasteiger charge is -2.15. The number of hydrogen-bond donors (Lipinski definition) is 1. The van der Waals surface area contributed by atoms with Crippen LogP contribution in [-0.2, 0) is 4.74 Å². The first-order valence-corrected chi connectivity index (χ1v) is 6.85. The molecule has 0 spiro atoms. The summed E-state index contributed by atoms with van der Waals surface area (Å²) in [6.45, 7) is 0. The Bertz CT molecular complexity index is 444. The summed E-state index contributed by atoms with van der Waals surface area (Å²) in [5.41, 5.74) is 7.01. The van der Waals surface area contributed by atoms with Gasteiger partial charge in [-0.2, -0.15) is 0 Å². The Balaban J connectivity index is 1.98. The van der Waals surface area contributed by atoms with Gasteiger partial charge < -0.3 is 10.5 Å². The van der Waals surface area contributed by atoms with Crippen molar-refractivity contribution in [3.8, 4) is 0 Å². The van der Waals surface area contributed by atoms with Gasteiger partial charge in [-0.05, 0) is 47.5 Å². The van der Waals surface area contributed by atoms with Crippen molar-refractivity contribution in [3.05, 3.63) is 16.0 Å². The van der Waals surface area contributed by atoms with Crippen molar-refractivity contribution in [3.63, 3.8) is 0 Å². The van der Waals surface area contributed by atoms with E-state index < -0.39 is 0 Å². The number of halogens is 1. The number of ether oxygens (including phenoxy) is 1. The molecule has 0 saturated heterocycles. The van der Waals surface area contributed by atoms with Gasteiger partial charge in [0, 0.05) is 13.0 Å². The molecule has 2 aliphatic carbocycles. The highest BCUT2D eigenvalue weighted by Gasteiger charge is 2.36. The van der Waals surface area contributed by atoms with Gasteiger partial charge in [0.15, 0.2) is 5.82 Å². The third kappa shape index (κ3) is 2.18. The summed E-state index contributed by atoms with van der Waals surface area (Å²) in [4.78, 5) is 9.04. The standard InChI is InChI=1S/C12H16BrN3O/c1-17-10(7-4-5-7)12-15-9(6-2-3-6)8(13)11(14)16-12/h6-7,10H,2-5H2,1H3,(H2,14,15,16). The lowest BCUT2D eigenvalue weighted by molar-refractivity contribution is 0.0771. The van der Waals surface area contributed by atoms with E-state index >= 15 is 0 Å². The molecule has 0 radical (unpaired) electrons. The highest BCUT2D eigenvalue weighted by molar-refractivity contribution is 9.10. The van der Waals surface area contributed by atoms with E-state index in [2.05, 4.69) is 25.9 Å². The van der Waals surface area contributed by atoms with Crippen LogP contribution in [0.2, 0.25) is 0 Å². The molecule has 1 heterocycles. The quantitative estimate of drug-likeness (QED) is 0.928. The van der Waals surface area contributed by atoms with Crippen LogP contribution in [0.3, 0.4) is 0 Å². The lowest BCUT2D eigenvalue weighted by Crippen LogP contribution is -2.12. The van der Waals surface area contributed by atoms with E-state index in [9.17, 15) is 0 Å². The van der Waals surface area contributed by atoms with Crippen molar-refractivity contribution in [1.29, 1.82) is 0 Å². The average molecular weight is 298 g/mol. The first kappa shape index (κ1) is 11.4. The minimum atomic E-state index is 0.0166. The summed E-state index contributed by atoms with van der Waals surface area (Å²) >= 11 is 3.49. The van der Waals surface area contributed by atoms with Crippen LogP contribution in [0.15, 0.2) is 4.47 Å². The fraction of sp³-hybridized carbons (Fsp3) is 0.667. The number of aromatic nitrogens is 2. The molecule has 1 aromatic heterocycles. The largest absolute Gasteiger partial charge is 0.383 e. The summed E-state index contributed by atoms with van der Waals surface area (Å²) in [6, 6.07) is 0. The third-order valence-corrected chi connectivity index (χ3v) is 4.25. The normalized spacial score (nSPS) is 21.5. The SMILES string of the molecule is COC(c1nc(N)c(Br)c(C2CC2)n1)C1CC1. The van der Waals surface area contributed by atoms with E-state index in [1.807, 2.05) is 0 Å². The lowest BCUT2D eigenvalue weighted by atomic mass is 10.2. The van der Waals surface area contributed by atoms with Gasteiger partial charge in [0.2, 0.25) is 0 Å². The molecule has 2 fully saturated rings. The van der Waals surface area contributed by atoms with E-state index in [-0.39, 0.29) is 6.10 Å². The molecule has 2 saturated carbocycles. The van der Waals surface area contributed by atoms with Crippen molar-refractivity contribution < 1.29 is 4.74 Å². The molecule has 3 rings (SSSR count). The van der Waals surface area contributed by atoms with Crippen molar-refractivity contribution in [2.24, 2.45) is 5.92 Å². The summed E-state index contributed by atoms with van der Waals surface area (Å²) < 4.78 is 6.38. The molecule has 0 amide bonds. The molecular formula is C12H16BrN3O. The zero-order valence-corrected chi connectivity index (χ0v) is 11.4. The molecule has 17 heavy (non-hydrogen) atoms. The van der Waals surface area contributed by atoms with Crippen LogP contribution in [0, 0.1) is 5.92 Å². The van der Waals surface area contributed by atoms with Crippen molar-refractivity contribution in [2.75, 3.05) is 12.8 Å². The highest BCUT2D eigenvalue weighted by atomic mass is 79.9. The number of methoxy groups -OCH3 is 1. The van der Waals surface area contributed by atoms with Crippen molar-refractivity contribution in [1.82, 2.24) is 9.97 Å². The number of anilines is 1. The molecule has 2 aliphatic rings. The van der Waals surface area contributed by atoms with Crippen molar-refractivity contribution in [2.45, 2.75) is 37.7 Å². The minimum Gasteiger partial charge on any atom is -0.383 e. The molecule has 0 bridgehead atoms. The monoisotopic (exact) mass is 297 g/mol. The van der Waals surface area contributed by atoms with Crippen LogP contribution in [-0.4, -0.2) is 17.1 Å². The second-order valence-electron chi connectivity index (χ2n) is 4.93. The predicted molar refractivity (Wildman–Crippen MR) is 68.6 cm³/mol. The molecule has 0 aromatic carbocycles. The first-order valence-electron chi connectivity index (χ1n) is 6.06. The zero-order valence-electron chi connectivity index (χ0n) is 9.82. The van der Waals surface area contributed by atoms with E-state index in [1.54, 1.807) is 7.11 Å². The Labute approximate surface area is 109 Å². The molecular weight excluding hydrogens is 282 g/mol. The molecule has 2 N–H and O–H groups in total. The van der Waals surface area contributed by atoms with Gasteiger partial charge in [-0.3, -0.25) is 0 Å². The Morgan fingerprint density at radius 1 is 1.29 bits per heavy atom. The summed E-state index contributed by atoms with van der Waals surface area (Å²) in [7, 11) is 1.72. The molecule has 1 aromatic rings. The third-order valence-electron chi connectivity index (χ3n) is 3.44. The molecule has 92 valence electrons. The van der Waals surface area contributed by atoms with Gasteiger partial charge in [-0.15, -0.1) is 0 Å². The summed E-state index contributed by atoms with van der Waals surface area (Å²) in [5, 5.41) is 0. The Morgan fingerprint density at radius 2 is 2.00 bits per heavy atom. The highest BCUT2D eigenvalue weighted by Crippen LogP contribution is 2.46. The van der Waals surface area contributed by atoms with Gasteiger partial charge >= 0.3 is 0 Å². The number of nitrogens with zero attached hydrogens (tertiary/aromatic N) is 2. The van der Waals surface area contributed by atoms with Gasteiger partial charge in [-0.25, -0.2) is 9.97 Å². The Hall–Kier alpha value is -0.680. The van der Waals surface area contributed by atoms with Gasteiger partial charge in [-0.1, -0.05) is 0 Å². The number of hydrogen-bond acceptors (Lipinski definition) is 4. The molecule has 0 aliphatic heterocycles. The maximum Gasteiger partial charge on any atom is 0.160 e. The zero-order chi connectivity index (χ0) is 12.0. The first-order chi connectivity index (χ1) is 8.20. The maximum absolute atomic E-state index is 5.95. The Morgan fingerprint density at radius 3 is 2.53 bits per heavy atom. The van der Waals surface area contributed by atoms with Crippen LogP contribution >= 0.6 is 15.9 Å². The van der Waals surface area contributed by atoms with Gasteiger partial charge in [0.1, 0.15) is 11.9 Å². The number of nitrogens with two attached hydrogens (primary N) is 1. The fourth-order valence-corrected chi connectivity index (χ4v) is 2.66. The van der Waals surface area contributed by atoms with E-state index in [4.69, 9.17) is 10.5 Å². The van der Waals surface area contributed by atoms with Crippen LogP contribution in [0.1, 0.15) is 49.2 Å². The second kappa shape index (κ2) is 4.21. The average Bonchev–Trinajstić information content (AvgIpc) is 3.15. The van der Waals surface area contributed by atoms with Gasteiger partial charge in [0.25, 0.3) is 0 Å². The molecule has 1 unspecified atom stereocenters. The van der Waals surface area contributed by atoms with Crippen LogP contribution in [0.25, 0.3) is 0 Å². The Kier molecular flexibility index (Phi) is 2.83. The fourth-order valence-electron chi connectivity index (χ4n) is 2.16.